The molecule has 0 amide bonds. The first kappa shape index (κ1) is 50.7. The van der Waals surface area contributed by atoms with E-state index in [4.69, 9.17) is 18.9 Å². The van der Waals surface area contributed by atoms with Crippen molar-refractivity contribution >= 4 is 11.9 Å². The van der Waals surface area contributed by atoms with Crippen LogP contribution >= 0.6 is 0 Å². The van der Waals surface area contributed by atoms with E-state index in [0.29, 0.717) is 6.42 Å². The number of carbonyl (C=O) groups excluding carboxylic acids is 2. The minimum Gasteiger partial charge on any atom is -0.462 e. The van der Waals surface area contributed by atoms with E-state index in [1.807, 2.05) is 0 Å². The molecule has 0 bridgehead atoms. The number of allylic oxidation sites excluding steroid dienone is 8. The molecular weight excluding hydrogens is 700 g/mol. The molecule has 0 aliphatic carbocycles. The summed E-state index contributed by atoms with van der Waals surface area (Å²) in [5.41, 5.74) is 0. The molecule has 0 spiro atoms. The number of rotatable bonds is 35. The highest BCUT2D eigenvalue weighted by molar-refractivity contribution is 5.70. The molecule has 1 aliphatic heterocycles. The molecule has 0 radical (unpaired) electrons. The fourth-order valence-corrected chi connectivity index (χ4v) is 6.17. The van der Waals surface area contributed by atoms with Gasteiger partial charge in [-0.1, -0.05) is 133 Å². The Balaban J connectivity index is 2.38. The predicted octanol–water partition coefficient (Wildman–Crippen LogP) is 8.88. The quantitative estimate of drug-likeness (QED) is 0.0279. The predicted molar refractivity (Wildman–Crippen MR) is 219 cm³/mol. The first-order chi connectivity index (χ1) is 26.8. The van der Waals surface area contributed by atoms with E-state index in [9.17, 15) is 30.0 Å². The van der Waals surface area contributed by atoms with Gasteiger partial charge in [-0.05, 0) is 70.6 Å². The van der Waals surface area contributed by atoms with E-state index in [1.54, 1.807) is 0 Å². The number of hydrogen-bond acceptors (Lipinski definition) is 10. The largest absolute Gasteiger partial charge is 0.462 e. The average Bonchev–Trinajstić information content (AvgIpc) is 3.18. The summed E-state index contributed by atoms with van der Waals surface area (Å²) in [4.78, 5) is 25.3. The van der Waals surface area contributed by atoms with E-state index in [0.717, 1.165) is 57.8 Å². The van der Waals surface area contributed by atoms with Crippen LogP contribution in [0.2, 0.25) is 0 Å². The molecule has 2 unspecified atom stereocenters. The van der Waals surface area contributed by atoms with Gasteiger partial charge in [0.15, 0.2) is 12.4 Å². The molecular formula is C45H78O10. The van der Waals surface area contributed by atoms with Gasteiger partial charge in [0.05, 0.1) is 13.2 Å². The number of carbonyl (C=O) groups is 2. The number of unbranched alkanes of at least 4 members (excludes halogenated alkanes) is 16. The minimum absolute atomic E-state index is 0.180. The molecule has 318 valence electrons. The zero-order chi connectivity index (χ0) is 40.2. The van der Waals surface area contributed by atoms with Crippen LogP contribution in [0.4, 0.5) is 0 Å². The highest BCUT2D eigenvalue weighted by atomic mass is 16.7. The maximum atomic E-state index is 12.7. The lowest BCUT2D eigenvalue weighted by Gasteiger charge is -2.39. The van der Waals surface area contributed by atoms with E-state index < -0.39 is 55.4 Å². The normalized spacial score (nSPS) is 21.0. The van der Waals surface area contributed by atoms with Crippen molar-refractivity contribution in [2.45, 2.75) is 205 Å². The van der Waals surface area contributed by atoms with Gasteiger partial charge in [0, 0.05) is 12.8 Å². The highest BCUT2D eigenvalue weighted by Gasteiger charge is 2.44. The van der Waals surface area contributed by atoms with Gasteiger partial charge in [-0.25, -0.2) is 0 Å². The summed E-state index contributed by atoms with van der Waals surface area (Å²) in [5, 5.41) is 40.0. The van der Waals surface area contributed by atoms with Crippen LogP contribution in [0.5, 0.6) is 0 Å². The monoisotopic (exact) mass is 779 g/mol. The molecule has 4 N–H and O–H groups in total. The maximum Gasteiger partial charge on any atom is 0.306 e. The number of aliphatic hydroxyl groups excluding tert-OH is 4. The first-order valence-electron chi connectivity index (χ1n) is 21.7. The van der Waals surface area contributed by atoms with Gasteiger partial charge in [0.2, 0.25) is 0 Å². The van der Waals surface area contributed by atoms with Gasteiger partial charge >= 0.3 is 11.9 Å². The molecule has 1 heterocycles. The van der Waals surface area contributed by atoms with E-state index in [1.165, 1.54) is 77.0 Å². The standard InChI is InChI=1S/C45H78O10/c1-3-5-7-9-11-13-15-17-19-21-23-25-27-29-31-33-40(47)52-36-38(37-53-45-44(51)43(50)42(49)39(35-46)55-45)54-41(48)34-32-30-28-26-24-22-20-18-16-14-12-10-8-6-4-2/h9,11-12,14,18,20,24,26,38-39,42-46,49-51H,3-8,10,13,15-17,19,21-23,25,27-37H2,1-2H3/b11-9+,14-12+,20-18+,26-24+/t38-,39-,42+,43?,44?,45-/m0/s1. The molecule has 10 nitrogen and oxygen atoms in total. The lowest BCUT2D eigenvalue weighted by molar-refractivity contribution is -0.305. The summed E-state index contributed by atoms with van der Waals surface area (Å²) in [6.45, 7) is 3.31. The van der Waals surface area contributed by atoms with Crippen LogP contribution in [0.3, 0.4) is 0 Å². The van der Waals surface area contributed by atoms with Crippen molar-refractivity contribution in [3.05, 3.63) is 48.6 Å². The Bertz CT molecular complexity index is 1040. The number of esters is 2. The molecule has 1 fully saturated rings. The molecule has 0 aromatic rings. The summed E-state index contributed by atoms with van der Waals surface area (Å²) in [7, 11) is 0. The molecule has 10 heteroatoms. The highest BCUT2D eigenvalue weighted by Crippen LogP contribution is 2.22. The van der Waals surface area contributed by atoms with Gasteiger partial charge < -0.3 is 39.4 Å². The number of hydrogen-bond donors (Lipinski definition) is 4. The van der Waals surface area contributed by atoms with Gasteiger partial charge in [0.25, 0.3) is 0 Å². The average molecular weight is 779 g/mol. The fourth-order valence-electron chi connectivity index (χ4n) is 6.17. The lowest BCUT2D eigenvalue weighted by Crippen LogP contribution is -2.59. The fraction of sp³-hybridized carbons (Fsp3) is 0.778. The Morgan fingerprint density at radius 1 is 0.564 bits per heavy atom. The van der Waals surface area contributed by atoms with Crippen LogP contribution in [0.25, 0.3) is 0 Å². The molecule has 0 aromatic heterocycles. The Labute approximate surface area is 333 Å². The second kappa shape index (κ2) is 36.0. The summed E-state index contributed by atoms with van der Waals surface area (Å²) in [6, 6.07) is 0. The zero-order valence-electron chi connectivity index (χ0n) is 34.4. The smallest absolute Gasteiger partial charge is 0.306 e. The number of ether oxygens (including phenoxy) is 4. The molecule has 1 rings (SSSR count). The Hall–Kier alpha value is -2.34. The Kier molecular flexibility index (Phi) is 33.2. The van der Waals surface area contributed by atoms with Crippen LogP contribution in [-0.2, 0) is 28.5 Å². The molecule has 6 atom stereocenters. The Morgan fingerprint density at radius 2 is 1.04 bits per heavy atom. The van der Waals surface area contributed by atoms with Gasteiger partial charge in [-0.15, -0.1) is 0 Å². The van der Waals surface area contributed by atoms with E-state index in [-0.39, 0.29) is 26.1 Å². The van der Waals surface area contributed by atoms with E-state index in [2.05, 4.69) is 62.5 Å². The van der Waals surface area contributed by atoms with Crippen LogP contribution in [-0.4, -0.2) is 89.0 Å². The summed E-state index contributed by atoms with van der Waals surface area (Å²) in [5.74, 6) is -0.856. The van der Waals surface area contributed by atoms with Crippen molar-refractivity contribution in [2.24, 2.45) is 0 Å². The van der Waals surface area contributed by atoms with Crippen molar-refractivity contribution in [3.63, 3.8) is 0 Å². The first-order valence-corrected chi connectivity index (χ1v) is 21.7. The third-order valence-electron chi connectivity index (χ3n) is 9.69. The van der Waals surface area contributed by atoms with Gasteiger partial charge in [-0.3, -0.25) is 9.59 Å². The van der Waals surface area contributed by atoms with Gasteiger partial charge in [-0.2, -0.15) is 0 Å². The van der Waals surface area contributed by atoms with Crippen molar-refractivity contribution in [2.75, 3.05) is 19.8 Å². The zero-order valence-corrected chi connectivity index (χ0v) is 34.4. The van der Waals surface area contributed by atoms with Gasteiger partial charge in [0.1, 0.15) is 31.0 Å². The van der Waals surface area contributed by atoms with E-state index >= 15 is 0 Å². The van der Waals surface area contributed by atoms with Crippen molar-refractivity contribution < 1.29 is 49.0 Å². The lowest BCUT2D eigenvalue weighted by atomic mass is 9.99. The van der Waals surface area contributed by atoms with Crippen molar-refractivity contribution in [1.82, 2.24) is 0 Å². The van der Waals surface area contributed by atoms with Crippen LogP contribution in [0.15, 0.2) is 48.6 Å². The van der Waals surface area contributed by atoms with Crippen molar-refractivity contribution in [1.29, 1.82) is 0 Å². The molecule has 0 aromatic carbocycles. The maximum absolute atomic E-state index is 12.7. The SMILES string of the molecule is CCCC/C=C/CCCCCCCCCCCC(=O)OC[C@@H](CO[C@H]1O[C@@H](CO)[C@@H](O)C(O)C1O)OC(=O)CCCC/C=C/C/C=C/C/C=C/CCCCC. The molecule has 0 saturated carbocycles. The van der Waals surface area contributed by atoms with Crippen LogP contribution in [0, 0.1) is 0 Å². The van der Waals surface area contributed by atoms with Crippen LogP contribution < -0.4 is 0 Å². The van der Waals surface area contributed by atoms with Crippen molar-refractivity contribution in [3.8, 4) is 0 Å². The third-order valence-corrected chi connectivity index (χ3v) is 9.69. The second-order valence-electron chi connectivity index (χ2n) is 14.8. The summed E-state index contributed by atoms with van der Waals surface area (Å²) < 4.78 is 22.1. The molecule has 1 aliphatic rings. The topological polar surface area (TPSA) is 152 Å². The molecule has 1 saturated heterocycles. The number of aliphatic hydroxyl groups is 4. The minimum atomic E-state index is -1.60. The molecule has 55 heavy (non-hydrogen) atoms. The van der Waals surface area contributed by atoms with Crippen LogP contribution in [0.1, 0.15) is 168 Å². The summed E-state index contributed by atoms with van der Waals surface area (Å²) in [6.07, 6.45) is 34.0. The second-order valence-corrected chi connectivity index (χ2v) is 14.8. The summed E-state index contributed by atoms with van der Waals surface area (Å²) >= 11 is 0. The Morgan fingerprint density at radius 3 is 1.64 bits per heavy atom. The third kappa shape index (κ3) is 27.8.